The van der Waals surface area contributed by atoms with Gasteiger partial charge in [-0.2, -0.15) is 0 Å². The monoisotopic (exact) mass is 415 g/mol. The van der Waals surface area contributed by atoms with Gasteiger partial charge in [0.25, 0.3) is 0 Å². The second kappa shape index (κ2) is 7.21. The zero-order valence-corrected chi connectivity index (χ0v) is 17.9. The molecule has 2 aliphatic heterocycles. The molecule has 5 rings (SSSR count). The van der Waals surface area contributed by atoms with Crippen molar-refractivity contribution in [1.82, 2.24) is 19.9 Å². The maximum atomic E-state index is 13.5. The fourth-order valence-electron chi connectivity index (χ4n) is 4.23. The zero-order valence-electron chi connectivity index (χ0n) is 17.9. The van der Waals surface area contributed by atoms with Crippen LogP contribution >= 0.6 is 0 Å². The Morgan fingerprint density at radius 2 is 1.77 bits per heavy atom. The second-order valence-corrected chi connectivity index (χ2v) is 8.76. The Labute approximate surface area is 181 Å². The highest BCUT2D eigenvalue weighted by Crippen LogP contribution is 2.46. The van der Waals surface area contributed by atoms with Gasteiger partial charge >= 0.3 is 0 Å². The third kappa shape index (κ3) is 3.21. The number of pyridine rings is 1. The van der Waals surface area contributed by atoms with Gasteiger partial charge in [-0.25, -0.2) is 9.97 Å². The van der Waals surface area contributed by atoms with Gasteiger partial charge in [-0.15, -0.1) is 0 Å². The van der Waals surface area contributed by atoms with Crippen molar-refractivity contribution in [3.63, 3.8) is 0 Å². The van der Waals surface area contributed by atoms with Gasteiger partial charge in [0, 0.05) is 42.8 Å². The lowest BCUT2D eigenvalue weighted by Gasteiger charge is -2.35. The maximum absolute atomic E-state index is 13.5. The van der Waals surface area contributed by atoms with E-state index < -0.39 is 11.6 Å². The third-order valence-corrected chi connectivity index (χ3v) is 6.30. The SMILES string of the molecule is Cc1ncc(-c2ccc3c(c2)N(c2cncc(C(O)N4CCC4)c2)C(=O)C3(C)C)cn1. The molecule has 158 valence electrons. The van der Waals surface area contributed by atoms with Crippen molar-refractivity contribution in [2.24, 2.45) is 0 Å². The van der Waals surface area contributed by atoms with Crippen molar-refractivity contribution >= 4 is 17.3 Å². The van der Waals surface area contributed by atoms with Gasteiger partial charge in [-0.3, -0.25) is 19.6 Å². The van der Waals surface area contributed by atoms with Crippen LogP contribution in [-0.2, 0) is 10.2 Å². The van der Waals surface area contributed by atoms with Crippen LogP contribution in [0.3, 0.4) is 0 Å². The summed E-state index contributed by atoms with van der Waals surface area (Å²) in [5.41, 5.74) is 4.31. The summed E-state index contributed by atoms with van der Waals surface area (Å²) in [6.45, 7) is 7.46. The molecule has 1 unspecified atom stereocenters. The molecule has 7 heteroatoms. The number of nitrogens with zero attached hydrogens (tertiary/aromatic N) is 5. The van der Waals surface area contributed by atoms with Gasteiger partial charge in [-0.05, 0) is 50.5 Å². The fourth-order valence-corrected chi connectivity index (χ4v) is 4.23. The van der Waals surface area contributed by atoms with Crippen molar-refractivity contribution in [2.75, 3.05) is 18.0 Å². The molecule has 2 aromatic heterocycles. The van der Waals surface area contributed by atoms with Crippen LogP contribution in [0.1, 0.15) is 43.4 Å². The van der Waals surface area contributed by atoms with Crippen molar-refractivity contribution < 1.29 is 9.90 Å². The molecule has 1 saturated heterocycles. The Balaban J connectivity index is 1.58. The molecule has 0 radical (unpaired) electrons. The predicted octanol–water partition coefficient (Wildman–Crippen LogP) is 3.50. The van der Waals surface area contributed by atoms with E-state index >= 15 is 0 Å². The summed E-state index contributed by atoms with van der Waals surface area (Å²) in [6, 6.07) is 7.89. The highest BCUT2D eigenvalue weighted by Gasteiger charge is 2.45. The van der Waals surface area contributed by atoms with Crippen LogP contribution in [-0.4, -0.2) is 44.0 Å². The summed E-state index contributed by atoms with van der Waals surface area (Å²) in [7, 11) is 0. The van der Waals surface area contributed by atoms with Crippen molar-refractivity contribution in [3.8, 4) is 11.1 Å². The Kier molecular flexibility index (Phi) is 4.60. The summed E-state index contributed by atoms with van der Waals surface area (Å²) in [5.74, 6) is 0.698. The van der Waals surface area contributed by atoms with E-state index in [1.165, 1.54) is 0 Å². The number of likely N-dealkylation sites (tertiary alicyclic amines) is 1. The summed E-state index contributed by atoms with van der Waals surface area (Å²) in [5, 5.41) is 10.7. The van der Waals surface area contributed by atoms with E-state index in [0.29, 0.717) is 17.1 Å². The topological polar surface area (TPSA) is 82.5 Å². The van der Waals surface area contributed by atoms with Gasteiger partial charge < -0.3 is 5.11 Å². The highest BCUT2D eigenvalue weighted by molar-refractivity contribution is 6.12. The molecule has 0 aliphatic carbocycles. The van der Waals surface area contributed by atoms with E-state index in [9.17, 15) is 9.90 Å². The lowest BCUT2D eigenvalue weighted by Crippen LogP contribution is -2.40. The van der Waals surface area contributed by atoms with E-state index in [1.807, 2.05) is 49.9 Å². The van der Waals surface area contributed by atoms with Gasteiger partial charge in [-0.1, -0.05) is 12.1 Å². The molecule has 3 aromatic rings. The summed E-state index contributed by atoms with van der Waals surface area (Å²) in [6.07, 6.45) is 7.31. The number of hydrogen-bond acceptors (Lipinski definition) is 6. The number of carbonyl (C=O) groups excluding carboxylic acids is 1. The first-order chi connectivity index (χ1) is 14.9. The first kappa shape index (κ1) is 19.8. The van der Waals surface area contributed by atoms with Crippen LogP contribution in [0.2, 0.25) is 0 Å². The van der Waals surface area contributed by atoms with Gasteiger partial charge in [0.15, 0.2) is 0 Å². The molecule has 1 fully saturated rings. The van der Waals surface area contributed by atoms with E-state index in [1.54, 1.807) is 29.7 Å². The normalized spacial score (nSPS) is 18.6. The van der Waals surface area contributed by atoms with Crippen LogP contribution in [0.5, 0.6) is 0 Å². The number of aromatic nitrogens is 3. The molecule has 1 aromatic carbocycles. The molecule has 31 heavy (non-hydrogen) atoms. The fraction of sp³-hybridized carbons (Fsp3) is 0.333. The van der Waals surface area contributed by atoms with Gasteiger partial charge in [0.1, 0.15) is 12.1 Å². The van der Waals surface area contributed by atoms with E-state index in [-0.39, 0.29) is 5.91 Å². The number of amides is 1. The number of aryl methyl sites for hydroxylation is 1. The second-order valence-electron chi connectivity index (χ2n) is 8.76. The highest BCUT2D eigenvalue weighted by atomic mass is 16.3. The standard InChI is InChI=1S/C24H25N5O2/c1-15-26-12-18(13-27-15)16-5-6-20-21(10-16)29(23(31)24(20,2)3)19-9-17(11-25-14-19)22(30)28-7-4-8-28/h5-6,9-14,22,30H,4,7-8H2,1-3H3. The van der Waals surface area contributed by atoms with E-state index in [0.717, 1.165) is 41.9 Å². The minimum Gasteiger partial charge on any atom is -0.374 e. The largest absolute Gasteiger partial charge is 0.374 e. The van der Waals surface area contributed by atoms with Crippen LogP contribution in [0.25, 0.3) is 11.1 Å². The number of carbonyl (C=O) groups is 1. The quantitative estimate of drug-likeness (QED) is 0.702. The minimum atomic E-state index is -0.706. The summed E-state index contributed by atoms with van der Waals surface area (Å²) < 4.78 is 0. The Bertz CT molecular complexity index is 1150. The number of aliphatic hydroxyl groups is 1. The smallest absolute Gasteiger partial charge is 0.241 e. The molecule has 1 atom stereocenters. The van der Waals surface area contributed by atoms with E-state index in [2.05, 4.69) is 15.0 Å². The Morgan fingerprint density at radius 1 is 1.03 bits per heavy atom. The zero-order chi connectivity index (χ0) is 21.8. The number of aliphatic hydroxyl groups excluding tert-OH is 1. The number of benzene rings is 1. The molecule has 1 N–H and O–H groups in total. The van der Waals surface area contributed by atoms with Crippen LogP contribution in [0.15, 0.2) is 49.1 Å². The van der Waals surface area contributed by atoms with Crippen molar-refractivity contribution in [1.29, 1.82) is 0 Å². The Hall–Kier alpha value is -3.16. The molecule has 0 saturated carbocycles. The van der Waals surface area contributed by atoms with Crippen molar-refractivity contribution in [2.45, 2.75) is 38.8 Å². The molecule has 7 nitrogen and oxygen atoms in total. The Morgan fingerprint density at radius 3 is 2.45 bits per heavy atom. The first-order valence-corrected chi connectivity index (χ1v) is 10.5. The lowest BCUT2D eigenvalue weighted by molar-refractivity contribution is -0.121. The average Bonchev–Trinajstić information content (AvgIpc) is 2.92. The molecule has 0 bridgehead atoms. The molecular formula is C24H25N5O2. The van der Waals surface area contributed by atoms with Gasteiger partial charge in [0.05, 0.1) is 23.0 Å². The number of anilines is 2. The maximum Gasteiger partial charge on any atom is 0.241 e. The predicted molar refractivity (Wildman–Crippen MR) is 118 cm³/mol. The van der Waals surface area contributed by atoms with Crippen molar-refractivity contribution in [3.05, 3.63) is 66.0 Å². The van der Waals surface area contributed by atoms with E-state index in [4.69, 9.17) is 0 Å². The molecule has 0 spiro atoms. The molecule has 1 amide bonds. The first-order valence-electron chi connectivity index (χ1n) is 10.5. The third-order valence-electron chi connectivity index (χ3n) is 6.30. The average molecular weight is 415 g/mol. The number of rotatable bonds is 4. The van der Waals surface area contributed by atoms with Crippen LogP contribution < -0.4 is 4.90 Å². The molecule has 2 aliphatic rings. The van der Waals surface area contributed by atoms with Crippen LogP contribution in [0.4, 0.5) is 11.4 Å². The molecular weight excluding hydrogens is 390 g/mol. The summed E-state index contributed by atoms with van der Waals surface area (Å²) in [4.78, 5) is 30.1. The lowest BCUT2D eigenvalue weighted by atomic mass is 9.85. The minimum absolute atomic E-state index is 0.0165. The number of hydrogen-bond donors (Lipinski definition) is 1. The molecule has 4 heterocycles. The van der Waals surface area contributed by atoms with Crippen LogP contribution in [0, 0.1) is 6.92 Å². The summed E-state index contributed by atoms with van der Waals surface area (Å²) >= 11 is 0. The van der Waals surface area contributed by atoms with Gasteiger partial charge in [0.2, 0.25) is 5.91 Å². The number of fused-ring (bicyclic) bond motifs is 1.